The summed E-state index contributed by atoms with van der Waals surface area (Å²) in [5, 5.41) is 4.59. The van der Waals surface area contributed by atoms with Gasteiger partial charge in [-0.2, -0.15) is 0 Å². The summed E-state index contributed by atoms with van der Waals surface area (Å²) in [5.74, 6) is 0. The lowest BCUT2D eigenvalue weighted by Crippen LogP contribution is -2.12. The molecule has 0 rings (SSSR count). The molecule has 0 heterocycles. The molecule has 0 fully saturated rings. The molecule has 14 heavy (non-hydrogen) atoms. The summed E-state index contributed by atoms with van der Waals surface area (Å²) in [6.07, 6.45) is 7.28. The molecule has 0 aliphatic rings. The van der Waals surface area contributed by atoms with Crippen LogP contribution in [0.15, 0.2) is 0 Å². The van der Waals surface area contributed by atoms with Crippen molar-refractivity contribution in [2.75, 3.05) is 6.61 Å². The Morgan fingerprint density at radius 3 is 2.36 bits per heavy atom. The second-order valence-corrected chi connectivity index (χ2v) is 3.45. The van der Waals surface area contributed by atoms with Gasteiger partial charge in [-0.05, 0) is 19.8 Å². The van der Waals surface area contributed by atoms with E-state index in [1.807, 2.05) is 6.92 Å². The molecular formula is C11H24O3. The summed E-state index contributed by atoms with van der Waals surface area (Å²) in [5.41, 5.74) is 0. The summed E-state index contributed by atoms with van der Waals surface area (Å²) in [7, 11) is 0. The molecule has 0 bridgehead atoms. The van der Waals surface area contributed by atoms with Crippen LogP contribution in [0.5, 0.6) is 0 Å². The van der Waals surface area contributed by atoms with Gasteiger partial charge in [0.2, 0.25) is 0 Å². The van der Waals surface area contributed by atoms with Crippen LogP contribution < -0.4 is 0 Å². The van der Waals surface area contributed by atoms with Gasteiger partial charge >= 0.3 is 0 Å². The molecule has 0 amide bonds. The Morgan fingerprint density at radius 2 is 1.79 bits per heavy atom. The van der Waals surface area contributed by atoms with Crippen LogP contribution in [0.1, 0.15) is 59.3 Å². The number of hydrogen-bond acceptors (Lipinski definition) is 3. The molecule has 0 aromatic rings. The third-order valence-electron chi connectivity index (χ3n) is 2.18. The molecule has 0 N–H and O–H groups in total. The van der Waals surface area contributed by atoms with Crippen molar-refractivity contribution >= 4 is 0 Å². The number of unbranched alkanes of at least 4 members (excludes halogenated alkanes) is 3. The van der Waals surface area contributed by atoms with E-state index < -0.39 is 0 Å². The van der Waals surface area contributed by atoms with Gasteiger partial charge in [-0.15, -0.1) is 0 Å². The molecule has 0 saturated heterocycles. The summed E-state index contributed by atoms with van der Waals surface area (Å²) in [6.45, 7) is 6.70. The Kier molecular flexibility index (Phi) is 10.9. The quantitative estimate of drug-likeness (QED) is 0.309. The first-order valence-electron chi connectivity index (χ1n) is 5.80. The van der Waals surface area contributed by atoms with Crippen LogP contribution in [0.3, 0.4) is 0 Å². The van der Waals surface area contributed by atoms with E-state index in [2.05, 4.69) is 23.8 Å². The highest BCUT2D eigenvalue weighted by Gasteiger charge is 2.07. The maximum Gasteiger partial charge on any atom is 0.0958 e. The topological polar surface area (TPSA) is 27.7 Å². The van der Waals surface area contributed by atoms with Crippen LogP contribution in [0, 0.1) is 0 Å². The van der Waals surface area contributed by atoms with Crippen molar-refractivity contribution in [2.45, 2.75) is 65.4 Å². The average Bonchev–Trinajstić information content (AvgIpc) is 2.22. The summed E-state index contributed by atoms with van der Waals surface area (Å²) in [6, 6.07) is 0. The SMILES string of the molecule is CCCCCCC(CC)OOOCC. The van der Waals surface area contributed by atoms with Crippen molar-refractivity contribution in [1.29, 1.82) is 0 Å². The third-order valence-corrected chi connectivity index (χ3v) is 2.18. The Balaban J connectivity index is 3.28. The van der Waals surface area contributed by atoms with E-state index in [1.165, 1.54) is 25.7 Å². The molecule has 0 spiro atoms. The van der Waals surface area contributed by atoms with Crippen LogP contribution in [0.25, 0.3) is 0 Å². The summed E-state index contributed by atoms with van der Waals surface area (Å²) in [4.78, 5) is 9.76. The Morgan fingerprint density at radius 1 is 1.00 bits per heavy atom. The van der Waals surface area contributed by atoms with Crippen molar-refractivity contribution < 1.29 is 14.8 Å². The molecular weight excluding hydrogens is 180 g/mol. The molecule has 0 aromatic heterocycles. The van der Waals surface area contributed by atoms with Crippen LogP contribution in [-0.2, 0) is 14.8 Å². The zero-order valence-electron chi connectivity index (χ0n) is 9.75. The van der Waals surface area contributed by atoms with Gasteiger partial charge in [0, 0.05) is 0 Å². The normalized spacial score (nSPS) is 13.1. The van der Waals surface area contributed by atoms with Gasteiger partial charge in [0.1, 0.15) is 0 Å². The highest BCUT2D eigenvalue weighted by Crippen LogP contribution is 2.11. The lowest BCUT2D eigenvalue weighted by Gasteiger charge is -2.12. The van der Waals surface area contributed by atoms with Gasteiger partial charge in [0.25, 0.3) is 0 Å². The fourth-order valence-corrected chi connectivity index (χ4v) is 1.25. The van der Waals surface area contributed by atoms with E-state index in [-0.39, 0.29) is 6.10 Å². The second kappa shape index (κ2) is 11.0. The van der Waals surface area contributed by atoms with E-state index in [0.29, 0.717) is 6.61 Å². The van der Waals surface area contributed by atoms with E-state index in [0.717, 1.165) is 12.8 Å². The van der Waals surface area contributed by atoms with Crippen LogP contribution >= 0.6 is 0 Å². The molecule has 1 atom stereocenters. The van der Waals surface area contributed by atoms with Gasteiger partial charge < -0.3 is 0 Å². The average molecular weight is 204 g/mol. The van der Waals surface area contributed by atoms with Crippen LogP contribution in [-0.4, -0.2) is 12.7 Å². The van der Waals surface area contributed by atoms with E-state index in [4.69, 9.17) is 4.89 Å². The van der Waals surface area contributed by atoms with Gasteiger partial charge in [-0.3, -0.25) is 0 Å². The fourth-order valence-electron chi connectivity index (χ4n) is 1.25. The first-order valence-corrected chi connectivity index (χ1v) is 5.80. The maximum absolute atomic E-state index is 5.09. The minimum atomic E-state index is 0.179. The molecule has 0 radical (unpaired) electrons. The maximum atomic E-state index is 5.09. The predicted octanol–water partition coefficient (Wildman–Crippen LogP) is 3.64. The summed E-state index contributed by atoms with van der Waals surface area (Å²) < 4.78 is 0. The minimum Gasteiger partial charge on any atom is -0.206 e. The molecule has 86 valence electrons. The second-order valence-electron chi connectivity index (χ2n) is 3.45. The van der Waals surface area contributed by atoms with Crippen molar-refractivity contribution in [3.63, 3.8) is 0 Å². The minimum absolute atomic E-state index is 0.179. The standard InChI is InChI=1S/C11H24O3/c1-4-7-8-9-10-11(5-2)13-14-12-6-3/h11H,4-10H2,1-3H3. The number of hydrogen-bond donors (Lipinski definition) is 0. The first kappa shape index (κ1) is 13.9. The smallest absolute Gasteiger partial charge is 0.0958 e. The molecule has 3 heteroatoms. The zero-order chi connectivity index (χ0) is 10.6. The fraction of sp³-hybridized carbons (Fsp3) is 1.00. The predicted molar refractivity (Wildman–Crippen MR) is 56.6 cm³/mol. The lowest BCUT2D eigenvalue weighted by molar-refractivity contribution is -0.525. The van der Waals surface area contributed by atoms with Crippen molar-refractivity contribution in [1.82, 2.24) is 0 Å². The van der Waals surface area contributed by atoms with Crippen LogP contribution in [0.2, 0.25) is 0 Å². The Hall–Kier alpha value is -0.120. The molecule has 1 unspecified atom stereocenters. The van der Waals surface area contributed by atoms with Crippen molar-refractivity contribution in [2.24, 2.45) is 0 Å². The monoisotopic (exact) mass is 204 g/mol. The molecule has 0 aliphatic heterocycles. The number of rotatable bonds is 10. The van der Waals surface area contributed by atoms with Gasteiger partial charge in [0.05, 0.1) is 12.7 Å². The summed E-state index contributed by atoms with van der Waals surface area (Å²) >= 11 is 0. The Bertz CT molecular complexity index is 107. The lowest BCUT2D eigenvalue weighted by atomic mass is 10.1. The van der Waals surface area contributed by atoms with Gasteiger partial charge in [-0.1, -0.05) is 44.6 Å². The molecule has 0 aliphatic carbocycles. The van der Waals surface area contributed by atoms with Crippen molar-refractivity contribution in [3.05, 3.63) is 0 Å². The van der Waals surface area contributed by atoms with Crippen LogP contribution in [0.4, 0.5) is 0 Å². The highest BCUT2D eigenvalue weighted by atomic mass is 17.5. The first-order chi connectivity index (χ1) is 6.85. The Labute approximate surface area is 87.6 Å². The largest absolute Gasteiger partial charge is 0.206 e. The van der Waals surface area contributed by atoms with Crippen molar-refractivity contribution in [3.8, 4) is 0 Å². The van der Waals surface area contributed by atoms with E-state index in [1.54, 1.807) is 0 Å². The van der Waals surface area contributed by atoms with Gasteiger partial charge in [-0.25, -0.2) is 9.78 Å². The van der Waals surface area contributed by atoms with E-state index in [9.17, 15) is 0 Å². The molecule has 0 saturated carbocycles. The third kappa shape index (κ3) is 8.48. The molecule has 3 nitrogen and oxygen atoms in total. The zero-order valence-corrected chi connectivity index (χ0v) is 9.75. The molecule has 0 aromatic carbocycles. The van der Waals surface area contributed by atoms with E-state index >= 15 is 0 Å². The highest BCUT2D eigenvalue weighted by molar-refractivity contribution is 4.53. The van der Waals surface area contributed by atoms with Gasteiger partial charge in [0.15, 0.2) is 0 Å².